The first-order valence-electron chi connectivity index (χ1n) is 8.34. The number of hydrogen-bond acceptors (Lipinski definition) is 4. The Morgan fingerprint density at radius 1 is 1.04 bits per heavy atom. The molecule has 0 aliphatic heterocycles. The summed E-state index contributed by atoms with van der Waals surface area (Å²) >= 11 is 0. The minimum Gasteiger partial charge on any atom is -0.493 e. The zero-order valence-corrected chi connectivity index (χ0v) is 14.9. The number of ether oxygens (including phenoxy) is 2. The largest absolute Gasteiger partial charge is 0.493 e. The number of methoxy groups -OCH3 is 1. The van der Waals surface area contributed by atoms with Crippen molar-refractivity contribution >= 4 is 0 Å². The molecular formula is C20H27NO3. The van der Waals surface area contributed by atoms with Gasteiger partial charge in [-0.1, -0.05) is 35.9 Å². The Morgan fingerprint density at radius 3 is 2.33 bits per heavy atom. The van der Waals surface area contributed by atoms with Gasteiger partial charge in [-0.15, -0.1) is 0 Å². The number of nitrogens with one attached hydrogen (secondary N) is 1. The summed E-state index contributed by atoms with van der Waals surface area (Å²) in [7, 11) is 1.64. The Kier molecular flexibility index (Phi) is 6.64. The van der Waals surface area contributed by atoms with E-state index in [9.17, 15) is 5.11 Å². The molecule has 2 N–H and O–H groups in total. The van der Waals surface area contributed by atoms with Gasteiger partial charge in [0.25, 0.3) is 0 Å². The summed E-state index contributed by atoms with van der Waals surface area (Å²) in [6, 6.07) is 14.0. The Morgan fingerprint density at radius 2 is 1.71 bits per heavy atom. The summed E-state index contributed by atoms with van der Waals surface area (Å²) in [5.41, 5.74) is 3.20. The molecule has 0 saturated heterocycles. The Bertz CT molecular complexity index is 640. The van der Waals surface area contributed by atoms with E-state index in [0.717, 1.165) is 22.6 Å². The summed E-state index contributed by atoms with van der Waals surface area (Å²) in [4.78, 5) is 0. The van der Waals surface area contributed by atoms with Gasteiger partial charge in [0.05, 0.1) is 19.8 Å². The van der Waals surface area contributed by atoms with E-state index in [2.05, 4.69) is 12.2 Å². The van der Waals surface area contributed by atoms with Crippen molar-refractivity contribution in [3.8, 4) is 11.5 Å². The second kappa shape index (κ2) is 8.71. The van der Waals surface area contributed by atoms with Crippen molar-refractivity contribution in [3.05, 3.63) is 59.2 Å². The highest BCUT2D eigenvalue weighted by Crippen LogP contribution is 2.30. The molecule has 0 aromatic heterocycles. The van der Waals surface area contributed by atoms with Gasteiger partial charge >= 0.3 is 0 Å². The predicted octanol–water partition coefficient (Wildman–Crippen LogP) is 3.79. The first-order valence-corrected chi connectivity index (χ1v) is 8.34. The highest BCUT2D eigenvalue weighted by atomic mass is 16.5. The van der Waals surface area contributed by atoms with Crippen LogP contribution in [0.4, 0.5) is 0 Å². The molecule has 4 heteroatoms. The normalized spacial score (nSPS) is 13.4. The van der Waals surface area contributed by atoms with Gasteiger partial charge in [0.2, 0.25) is 0 Å². The van der Waals surface area contributed by atoms with Gasteiger partial charge in [-0.2, -0.15) is 0 Å². The van der Waals surface area contributed by atoms with E-state index in [-0.39, 0.29) is 6.04 Å². The molecule has 2 rings (SSSR count). The average molecular weight is 329 g/mol. The molecule has 2 atom stereocenters. The lowest BCUT2D eigenvalue weighted by atomic mass is 10.1. The van der Waals surface area contributed by atoms with E-state index in [1.54, 1.807) is 7.11 Å². The van der Waals surface area contributed by atoms with Crippen molar-refractivity contribution in [3.63, 3.8) is 0 Å². The minimum absolute atomic E-state index is 0.0923. The van der Waals surface area contributed by atoms with Gasteiger partial charge in [0.1, 0.15) is 0 Å². The number of rotatable bonds is 8. The lowest BCUT2D eigenvalue weighted by Gasteiger charge is -2.19. The third-order valence-electron chi connectivity index (χ3n) is 4.07. The second-order valence-corrected chi connectivity index (χ2v) is 5.90. The molecule has 0 bridgehead atoms. The first kappa shape index (κ1) is 18.3. The van der Waals surface area contributed by atoms with Crippen LogP contribution in [0.15, 0.2) is 42.5 Å². The monoisotopic (exact) mass is 329 g/mol. The molecule has 0 aliphatic carbocycles. The van der Waals surface area contributed by atoms with Crippen LogP contribution in [0.2, 0.25) is 0 Å². The van der Waals surface area contributed by atoms with Crippen molar-refractivity contribution in [2.75, 3.05) is 20.3 Å². The third-order valence-corrected chi connectivity index (χ3v) is 4.07. The molecule has 2 aromatic rings. The number of aryl methyl sites for hydroxylation is 1. The van der Waals surface area contributed by atoms with E-state index in [4.69, 9.17) is 9.47 Å². The van der Waals surface area contributed by atoms with Gasteiger partial charge in [0, 0.05) is 12.6 Å². The molecule has 0 spiro atoms. The van der Waals surface area contributed by atoms with Crippen LogP contribution in [0.3, 0.4) is 0 Å². The van der Waals surface area contributed by atoms with Gasteiger partial charge in [0.15, 0.2) is 11.5 Å². The Hall–Kier alpha value is -2.04. The topological polar surface area (TPSA) is 50.7 Å². The maximum absolute atomic E-state index is 10.3. The summed E-state index contributed by atoms with van der Waals surface area (Å²) in [6.45, 7) is 7.14. The van der Waals surface area contributed by atoms with Crippen LogP contribution in [-0.2, 0) is 0 Å². The lowest BCUT2D eigenvalue weighted by Crippen LogP contribution is -2.24. The molecule has 24 heavy (non-hydrogen) atoms. The summed E-state index contributed by atoms with van der Waals surface area (Å²) < 4.78 is 10.9. The SMILES string of the molecule is CCOc1ccc(C(C)NCC(O)c2ccc(C)cc2)cc1OC. The molecule has 0 radical (unpaired) electrons. The molecule has 0 amide bonds. The van der Waals surface area contributed by atoms with E-state index < -0.39 is 6.10 Å². The number of hydrogen-bond donors (Lipinski definition) is 2. The van der Waals surface area contributed by atoms with Crippen LogP contribution in [0.5, 0.6) is 11.5 Å². The van der Waals surface area contributed by atoms with Crippen LogP contribution < -0.4 is 14.8 Å². The fourth-order valence-electron chi connectivity index (χ4n) is 2.54. The van der Waals surface area contributed by atoms with E-state index >= 15 is 0 Å². The molecule has 2 unspecified atom stereocenters. The summed E-state index contributed by atoms with van der Waals surface area (Å²) in [5, 5.41) is 13.7. The minimum atomic E-state index is -0.530. The summed E-state index contributed by atoms with van der Waals surface area (Å²) in [6.07, 6.45) is -0.530. The highest BCUT2D eigenvalue weighted by Gasteiger charge is 2.13. The third kappa shape index (κ3) is 4.73. The van der Waals surface area contributed by atoms with E-state index in [1.165, 1.54) is 5.56 Å². The molecule has 2 aromatic carbocycles. The zero-order valence-electron chi connectivity index (χ0n) is 14.9. The number of aliphatic hydroxyl groups excluding tert-OH is 1. The van der Waals surface area contributed by atoms with E-state index in [0.29, 0.717) is 13.2 Å². The van der Waals surface area contributed by atoms with Crippen LogP contribution >= 0.6 is 0 Å². The van der Waals surface area contributed by atoms with Crippen molar-refractivity contribution in [2.45, 2.75) is 32.9 Å². The van der Waals surface area contributed by atoms with E-state index in [1.807, 2.05) is 56.3 Å². The quantitative estimate of drug-likeness (QED) is 0.774. The maximum Gasteiger partial charge on any atom is 0.161 e. The van der Waals surface area contributed by atoms with Crippen LogP contribution in [0.1, 0.15) is 42.7 Å². The first-order chi connectivity index (χ1) is 11.5. The standard InChI is InChI=1S/C20H27NO3/c1-5-24-19-11-10-17(12-20(19)23-4)15(3)21-13-18(22)16-8-6-14(2)7-9-16/h6-12,15,18,21-22H,5,13H2,1-4H3. The van der Waals surface area contributed by atoms with Gasteiger partial charge in [-0.05, 0) is 44.0 Å². The number of aliphatic hydroxyl groups is 1. The molecule has 0 aliphatic rings. The fourth-order valence-corrected chi connectivity index (χ4v) is 2.54. The van der Waals surface area contributed by atoms with Crippen molar-refractivity contribution in [2.24, 2.45) is 0 Å². The average Bonchev–Trinajstić information content (AvgIpc) is 2.60. The molecular weight excluding hydrogens is 302 g/mol. The van der Waals surface area contributed by atoms with Crippen LogP contribution in [-0.4, -0.2) is 25.4 Å². The number of benzene rings is 2. The molecule has 4 nitrogen and oxygen atoms in total. The van der Waals surface area contributed by atoms with Crippen LogP contribution in [0.25, 0.3) is 0 Å². The van der Waals surface area contributed by atoms with Crippen molar-refractivity contribution < 1.29 is 14.6 Å². The van der Waals surface area contributed by atoms with Crippen LogP contribution in [0, 0.1) is 6.92 Å². The van der Waals surface area contributed by atoms with Gasteiger partial charge in [-0.3, -0.25) is 0 Å². The smallest absolute Gasteiger partial charge is 0.161 e. The predicted molar refractivity (Wildman–Crippen MR) is 96.7 cm³/mol. The molecule has 130 valence electrons. The Labute approximate surface area is 144 Å². The molecule has 0 saturated carbocycles. The highest BCUT2D eigenvalue weighted by molar-refractivity contribution is 5.43. The van der Waals surface area contributed by atoms with Gasteiger partial charge in [-0.25, -0.2) is 0 Å². The van der Waals surface area contributed by atoms with Crippen molar-refractivity contribution in [1.29, 1.82) is 0 Å². The fraction of sp³-hybridized carbons (Fsp3) is 0.400. The summed E-state index contributed by atoms with van der Waals surface area (Å²) in [5.74, 6) is 1.47. The zero-order chi connectivity index (χ0) is 17.5. The lowest BCUT2D eigenvalue weighted by molar-refractivity contribution is 0.170. The molecule has 0 heterocycles. The Balaban J connectivity index is 1.98. The molecule has 0 fully saturated rings. The van der Waals surface area contributed by atoms with Crippen molar-refractivity contribution in [1.82, 2.24) is 5.32 Å². The van der Waals surface area contributed by atoms with Gasteiger partial charge < -0.3 is 19.9 Å². The maximum atomic E-state index is 10.3. The second-order valence-electron chi connectivity index (χ2n) is 5.90.